The van der Waals surface area contributed by atoms with Gasteiger partial charge in [0.1, 0.15) is 0 Å². The molecule has 0 aliphatic carbocycles. The second-order valence-corrected chi connectivity index (χ2v) is 3.92. The van der Waals surface area contributed by atoms with Crippen LogP contribution in [0.1, 0.15) is 22.7 Å². The van der Waals surface area contributed by atoms with E-state index < -0.39 is 0 Å². The summed E-state index contributed by atoms with van der Waals surface area (Å²) in [4.78, 5) is 0. The molecule has 0 aliphatic rings. The highest BCUT2D eigenvalue weighted by molar-refractivity contribution is 5.32. The van der Waals surface area contributed by atoms with Crippen LogP contribution >= 0.6 is 0 Å². The Labute approximate surface area is 96.1 Å². The second kappa shape index (κ2) is 4.92. The first kappa shape index (κ1) is 10.9. The van der Waals surface area contributed by atoms with Crippen molar-refractivity contribution in [2.45, 2.75) is 13.0 Å². The van der Waals surface area contributed by atoms with Crippen LogP contribution in [0.25, 0.3) is 0 Å². The van der Waals surface area contributed by atoms with Crippen LogP contribution in [0.5, 0.6) is 0 Å². The number of nitrogens with one attached hydrogen (secondary N) is 1. The fraction of sp³-hybridized carbons (Fsp3) is 0.143. The molecule has 0 fully saturated rings. The molecule has 82 valence electrons. The van der Waals surface area contributed by atoms with Gasteiger partial charge >= 0.3 is 0 Å². The van der Waals surface area contributed by atoms with E-state index in [1.807, 2.05) is 18.2 Å². The van der Waals surface area contributed by atoms with Gasteiger partial charge in [0.2, 0.25) is 0 Å². The predicted molar refractivity (Wildman–Crippen MR) is 66.8 cm³/mol. The zero-order valence-electron chi connectivity index (χ0n) is 9.35. The van der Waals surface area contributed by atoms with Crippen molar-refractivity contribution >= 4 is 0 Å². The number of benzene rings is 2. The minimum Gasteiger partial charge on any atom is -0.271 e. The van der Waals surface area contributed by atoms with E-state index >= 15 is 0 Å². The summed E-state index contributed by atoms with van der Waals surface area (Å²) >= 11 is 0. The van der Waals surface area contributed by atoms with Crippen LogP contribution in [0.2, 0.25) is 0 Å². The van der Waals surface area contributed by atoms with Crippen molar-refractivity contribution in [1.29, 1.82) is 0 Å². The molecule has 2 aromatic rings. The second-order valence-electron chi connectivity index (χ2n) is 3.92. The number of hydrogen-bond acceptors (Lipinski definition) is 2. The van der Waals surface area contributed by atoms with Gasteiger partial charge in [0, 0.05) is 0 Å². The summed E-state index contributed by atoms with van der Waals surface area (Å²) in [7, 11) is 0. The van der Waals surface area contributed by atoms with Crippen molar-refractivity contribution < 1.29 is 0 Å². The standard InChI is InChI=1S/C14H16N2/c1-11-7-9-13(10-8-11)14(16-15)12-5-3-2-4-6-12/h2-10,14,16H,15H2,1H3/t14-/m0/s1. The summed E-state index contributed by atoms with van der Waals surface area (Å²) in [6, 6.07) is 18.7. The maximum atomic E-state index is 5.62. The third kappa shape index (κ3) is 2.30. The van der Waals surface area contributed by atoms with Crippen LogP contribution < -0.4 is 11.3 Å². The van der Waals surface area contributed by atoms with Gasteiger partial charge in [0.05, 0.1) is 6.04 Å². The van der Waals surface area contributed by atoms with Crippen molar-refractivity contribution in [3.05, 3.63) is 71.3 Å². The van der Waals surface area contributed by atoms with Crippen molar-refractivity contribution in [2.75, 3.05) is 0 Å². The highest BCUT2D eigenvalue weighted by atomic mass is 15.2. The molecule has 1 atom stereocenters. The summed E-state index contributed by atoms with van der Waals surface area (Å²) in [6.45, 7) is 2.08. The van der Waals surface area contributed by atoms with Crippen LogP contribution in [0.15, 0.2) is 54.6 Å². The Kier molecular flexibility index (Phi) is 3.34. The van der Waals surface area contributed by atoms with Crippen LogP contribution in [0.4, 0.5) is 0 Å². The highest BCUT2D eigenvalue weighted by Crippen LogP contribution is 2.21. The first-order valence-electron chi connectivity index (χ1n) is 5.39. The lowest BCUT2D eigenvalue weighted by Crippen LogP contribution is -2.28. The fourth-order valence-electron chi connectivity index (χ4n) is 1.79. The lowest BCUT2D eigenvalue weighted by atomic mass is 9.98. The van der Waals surface area contributed by atoms with Crippen LogP contribution in [-0.4, -0.2) is 0 Å². The average Bonchev–Trinajstić information content (AvgIpc) is 2.34. The minimum absolute atomic E-state index is 0.0572. The van der Waals surface area contributed by atoms with E-state index in [0.29, 0.717) is 0 Å². The van der Waals surface area contributed by atoms with E-state index in [4.69, 9.17) is 5.84 Å². The molecule has 2 nitrogen and oxygen atoms in total. The maximum Gasteiger partial charge on any atom is 0.0710 e. The molecular weight excluding hydrogens is 196 g/mol. The molecule has 3 N–H and O–H groups in total. The Hall–Kier alpha value is -1.64. The Morgan fingerprint density at radius 2 is 1.44 bits per heavy atom. The molecule has 0 radical (unpaired) electrons. The number of hydrazine groups is 1. The average molecular weight is 212 g/mol. The van der Waals surface area contributed by atoms with Crippen molar-refractivity contribution in [3.8, 4) is 0 Å². The monoisotopic (exact) mass is 212 g/mol. The molecule has 2 rings (SSSR count). The summed E-state index contributed by atoms with van der Waals surface area (Å²) in [5.41, 5.74) is 6.47. The molecule has 0 spiro atoms. The van der Waals surface area contributed by atoms with E-state index in [2.05, 4.69) is 48.7 Å². The Morgan fingerprint density at radius 3 is 2.00 bits per heavy atom. The Balaban J connectivity index is 2.33. The molecule has 0 unspecified atom stereocenters. The Bertz CT molecular complexity index is 434. The van der Waals surface area contributed by atoms with Crippen molar-refractivity contribution in [2.24, 2.45) is 5.84 Å². The topological polar surface area (TPSA) is 38.0 Å². The van der Waals surface area contributed by atoms with E-state index in [1.54, 1.807) is 0 Å². The van der Waals surface area contributed by atoms with Gasteiger partial charge in [-0.05, 0) is 18.1 Å². The van der Waals surface area contributed by atoms with Crippen LogP contribution in [0, 0.1) is 6.92 Å². The molecular formula is C14H16N2. The molecule has 0 aromatic heterocycles. The van der Waals surface area contributed by atoms with Gasteiger partial charge < -0.3 is 0 Å². The van der Waals surface area contributed by atoms with Crippen LogP contribution in [0.3, 0.4) is 0 Å². The molecule has 2 aromatic carbocycles. The smallest absolute Gasteiger partial charge is 0.0710 e. The summed E-state index contributed by atoms with van der Waals surface area (Å²) < 4.78 is 0. The quantitative estimate of drug-likeness (QED) is 0.606. The van der Waals surface area contributed by atoms with Gasteiger partial charge in [-0.3, -0.25) is 5.84 Å². The summed E-state index contributed by atoms with van der Waals surface area (Å²) in [6.07, 6.45) is 0. The van der Waals surface area contributed by atoms with Crippen molar-refractivity contribution in [3.63, 3.8) is 0 Å². The zero-order chi connectivity index (χ0) is 11.4. The van der Waals surface area contributed by atoms with Crippen LogP contribution in [-0.2, 0) is 0 Å². The molecule has 0 saturated carbocycles. The van der Waals surface area contributed by atoms with E-state index in [-0.39, 0.29) is 6.04 Å². The number of aryl methyl sites for hydroxylation is 1. The molecule has 0 aliphatic heterocycles. The molecule has 0 bridgehead atoms. The number of rotatable bonds is 3. The maximum absolute atomic E-state index is 5.62. The van der Waals surface area contributed by atoms with Gasteiger partial charge in [0.15, 0.2) is 0 Å². The number of hydrogen-bond donors (Lipinski definition) is 2. The summed E-state index contributed by atoms with van der Waals surface area (Å²) in [5.74, 6) is 5.62. The largest absolute Gasteiger partial charge is 0.271 e. The van der Waals surface area contributed by atoms with Crippen molar-refractivity contribution in [1.82, 2.24) is 5.43 Å². The zero-order valence-corrected chi connectivity index (χ0v) is 9.35. The molecule has 16 heavy (non-hydrogen) atoms. The predicted octanol–water partition coefficient (Wildman–Crippen LogP) is 2.55. The molecule has 0 heterocycles. The van der Waals surface area contributed by atoms with E-state index in [9.17, 15) is 0 Å². The fourth-order valence-corrected chi connectivity index (χ4v) is 1.79. The van der Waals surface area contributed by atoms with E-state index in [0.717, 1.165) is 0 Å². The molecule has 2 heteroatoms. The summed E-state index contributed by atoms with van der Waals surface area (Å²) in [5, 5.41) is 0. The van der Waals surface area contributed by atoms with E-state index in [1.165, 1.54) is 16.7 Å². The Morgan fingerprint density at radius 1 is 0.875 bits per heavy atom. The van der Waals surface area contributed by atoms with Gasteiger partial charge in [-0.1, -0.05) is 60.2 Å². The lowest BCUT2D eigenvalue weighted by molar-refractivity contribution is 0.637. The minimum atomic E-state index is 0.0572. The van der Waals surface area contributed by atoms with Gasteiger partial charge in [-0.25, -0.2) is 5.43 Å². The molecule has 0 saturated heterocycles. The first-order valence-corrected chi connectivity index (χ1v) is 5.39. The van der Waals surface area contributed by atoms with Gasteiger partial charge in [0.25, 0.3) is 0 Å². The lowest BCUT2D eigenvalue weighted by Gasteiger charge is -2.16. The SMILES string of the molecule is Cc1ccc([C@@H](NN)c2ccccc2)cc1. The third-order valence-corrected chi connectivity index (χ3v) is 2.71. The van der Waals surface area contributed by atoms with Gasteiger partial charge in [-0.15, -0.1) is 0 Å². The molecule has 0 amide bonds. The number of nitrogens with two attached hydrogens (primary N) is 1. The highest BCUT2D eigenvalue weighted by Gasteiger charge is 2.10. The first-order chi connectivity index (χ1) is 7.81. The third-order valence-electron chi connectivity index (χ3n) is 2.71. The normalized spacial score (nSPS) is 12.4. The van der Waals surface area contributed by atoms with Gasteiger partial charge in [-0.2, -0.15) is 0 Å².